The van der Waals surface area contributed by atoms with Crippen LogP contribution in [0.3, 0.4) is 0 Å². The number of carbonyl (C=O) groups excluding carboxylic acids is 1. The summed E-state index contributed by atoms with van der Waals surface area (Å²) in [5.74, 6) is 0.940. The van der Waals surface area contributed by atoms with E-state index in [1.165, 1.54) is 0 Å². The van der Waals surface area contributed by atoms with Gasteiger partial charge in [-0.15, -0.1) is 0 Å². The molecule has 0 radical (unpaired) electrons. The van der Waals surface area contributed by atoms with Gasteiger partial charge in [-0.25, -0.2) is 9.97 Å². The van der Waals surface area contributed by atoms with Crippen LogP contribution in [0.4, 0.5) is 17.2 Å². The average molecular weight is 327 g/mol. The van der Waals surface area contributed by atoms with Gasteiger partial charge in [-0.05, 0) is 52.0 Å². The van der Waals surface area contributed by atoms with Gasteiger partial charge in [0.15, 0.2) is 0 Å². The molecule has 0 spiro atoms. The zero-order chi connectivity index (χ0) is 17.9. The van der Waals surface area contributed by atoms with Crippen LogP contribution in [-0.2, 0) is 0 Å². The summed E-state index contributed by atoms with van der Waals surface area (Å²) in [4.78, 5) is 23.0. The topological polar surface area (TPSA) is 70.2 Å². The molecule has 1 aromatic heterocycles. The lowest BCUT2D eigenvalue weighted by Gasteiger charge is -2.21. The first-order chi connectivity index (χ1) is 11.1. The van der Waals surface area contributed by atoms with Crippen LogP contribution < -0.4 is 15.5 Å². The molecule has 2 aromatic rings. The average Bonchev–Trinajstić information content (AvgIpc) is 2.45. The van der Waals surface area contributed by atoms with Crippen LogP contribution in [0, 0.1) is 6.92 Å². The Bertz CT molecular complexity index is 717. The van der Waals surface area contributed by atoms with Gasteiger partial charge in [-0.1, -0.05) is 0 Å². The van der Waals surface area contributed by atoms with E-state index < -0.39 is 0 Å². The second-order valence-corrected chi connectivity index (χ2v) is 6.96. The Labute approximate surface area is 143 Å². The number of aromatic nitrogens is 2. The molecule has 24 heavy (non-hydrogen) atoms. The molecule has 6 nitrogen and oxygen atoms in total. The number of anilines is 3. The smallest absolute Gasteiger partial charge is 0.274 e. The van der Waals surface area contributed by atoms with E-state index in [9.17, 15) is 4.79 Å². The SMILES string of the molecule is Cc1nc(NC(C)(C)C)cc(C(=O)Nc2ccc(N(C)C)cc2)n1. The zero-order valence-electron chi connectivity index (χ0n) is 15.1. The van der Waals surface area contributed by atoms with Crippen LogP contribution >= 0.6 is 0 Å². The third-order valence-corrected chi connectivity index (χ3v) is 3.22. The molecule has 0 saturated heterocycles. The Kier molecular flexibility index (Phi) is 5.07. The molecule has 0 fully saturated rings. The molecule has 6 heteroatoms. The van der Waals surface area contributed by atoms with Gasteiger partial charge in [0.1, 0.15) is 17.3 Å². The second kappa shape index (κ2) is 6.86. The molecule has 0 aliphatic rings. The molecule has 1 heterocycles. The van der Waals surface area contributed by atoms with Crippen molar-refractivity contribution in [3.05, 3.63) is 41.9 Å². The first-order valence-electron chi connectivity index (χ1n) is 7.87. The van der Waals surface area contributed by atoms with E-state index in [2.05, 4.69) is 20.6 Å². The summed E-state index contributed by atoms with van der Waals surface area (Å²) in [6, 6.07) is 9.31. The number of hydrogen-bond acceptors (Lipinski definition) is 5. The van der Waals surface area contributed by atoms with E-state index in [-0.39, 0.29) is 11.4 Å². The predicted octanol–water partition coefficient (Wildman–Crippen LogP) is 3.31. The summed E-state index contributed by atoms with van der Waals surface area (Å²) >= 11 is 0. The highest BCUT2D eigenvalue weighted by molar-refractivity contribution is 6.03. The molecule has 2 N–H and O–H groups in total. The largest absolute Gasteiger partial charge is 0.378 e. The Morgan fingerprint density at radius 2 is 1.71 bits per heavy atom. The van der Waals surface area contributed by atoms with Gasteiger partial charge in [0, 0.05) is 37.1 Å². The third-order valence-electron chi connectivity index (χ3n) is 3.22. The normalized spacial score (nSPS) is 11.1. The Morgan fingerprint density at radius 1 is 1.08 bits per heavy atom. The van der Waals surface area contributed by atoms with E-state index in [1.807, 2.05) is 64.0 Å². The van der Waals surface area contributed by atoms with Crippen molar-refractivity contribution in [1.82, 2.24) is 9.97 Å². The van der Waals surface area contributed by atoms with Gasteiger partial charge in [-0.3, -0.25) is 4.79 Å². The van der Waals surface area contributed by atoms with Crippen molar-refractivity contribution in [3.63, 3.8) is 0 Å². The molecule has 1 amide bonds. The fraction of sp³-hybridized carbons (Fsp3) is 0.389. The fourth-order valence-electron chi connectivity index (χ4n) is 2.17. The maximum absolute atomic E-state index is 12.5. The summed E-state index contributed by atoms with van der Waals surface area (Å²) in [6.45, 7) is 7.89. The molecule has 1 aromatic carbocycles. The summed E-state index contributed by atoms with van der Waals surface area (Å²) in [5, 5.41) is 6.13. The number of carbonyl (C=O) groups is 1. The summed E-state index contributed by atoms with van der Waals surface area (Å²) in [5.41, 5.74) is 2.00. The molecule has 0 aliphatic carbocycles. The number of amides is 1. The minimum atomic E-state index is -0.255. The number of benzene rings is 1. The van der Waals surface area contributed by atoms with Gasteiger partial charge in [0.2, 0.25) is 0 Å². The first-order valence-corrected chi connectivity index (χ1v) is 7.87. The number of aryl methyl sites for hydroxylation is 1. The number of nitrogens with one attached hydrogen (secondary N) is 2. The lowest BCUT2D eigenvalue weighted by Crippen LogP contribution is -2.27. The zero-order valence-corrected chi connectivity index (χ0v) is 15.1. The molecule has 0 atom stereocenters. The predicted molar refractivity (Wildman–Crippen MR) is 98.9 cm³/mol. The van der Waals surface area contributed by atoms with Crippen molar-refractivity contribution in [2.24, 2.45) is 0 Å². The van der Waals surface area contributed by atoms with Gasteiger partial charge >= 0.3 is 0 Å². The lowest BCUT2D eigenvalue weighted by molar-refractivity contribution is 0.102. The van der Waals surface area contributed by atoms with Crippen molar-refractivity contribution in [1.29, 1.82) is 0 Å². The number of rotatable bonds is 4. The summed E-state index contributed by atoms with van der Waals surface area (Å²) < 4.78 is 0. The van der Waals surface area contributed by atoms with Crippen molar-refractivity contribution < 1.29 is 4.79 Å². The van der Waals surface area contributed by atoms with E-state index in [1.54, 1.807) is 13.0 Å². The van der Waals surface area contributed by atoms with Crippen LogP contribution in [0.15, 0.2) is 30.3 Å². The monoisotopic (exact) mass is 327 g/mol. The standard InChI is InChI=1S/C18H25N5O/c1-12-19-15(11-16(20-12)22-18(2,3)4)17(24)21-13-7-9-14(10-8-13)23(5)6/h7-11H,1-6H3,(H,21,24)(H,19,20,22). The van der Waals surface area contributed by atoms with Gasteiger partial charge < -0.3 is 15.5 Å². The Balaban J connectivity index is 2.17. The lowest BCUT2D eigenvalue weighted by atomic mass is 10.1. The maximum atomic E-state index is 12.5. The molecular weight excluding hydrogens is 302 g/mol. The quantitative estimate of drug-likeness (QED) is 0.901. The van der Waals surface area contributed by atoms with Crippen LogP contribution in [0.2, 0.25) is 0 Å². The summed E-state index contributed by atoms with van der Waals surface area (Å²) in [6.07, 6.45) is 0. The van der Waals surface area contributed by atoms with Crippen molar-refractivity contribution >= 4 is 23.1 Å². The minimum Gasteiger partial charge on any atom is -0.378 e. The number of nitrogens with zero attached hydrogens (tertiary/aromatic N) is 3. The minimum absolute atomic E-state index is 0.142. The molecule has 0 bridgehead atoms. The van der Waals surface area contributed by atoms with E-state index in [0.29, 0.717) is 17.3 Å². The van der Waals surface area contributed by atoms with Crippen molar-refractivity contribution in [3.8, 4) is 0 Å². The van der Waals surface area contributed by atoms with E-state index in [0.717, 1.165) is 11.4 Å². The van der Waals surface area contributed by atoms with Gasteiger partial charge in [-0.2, -0.15) is 0 Å². The molecule has 2 rings (SSSR count). The highest BCUT2D eigenvalue weighted by atomic mass is 16.1. The van der Waals surface area contributed by atoms with Crippen molar-refractivity contribution in [2.45, 2.75) is 33.2 Å². The molecule has 0 unspecified atom stereocenters. The molecule has 128 valence electrons. The van der Waals surface area contributed by atoms with Crippen LogP contribution in [0.25, 0.3) is 0 Å². The molecule has 0 saturated carbocycles. The summed E-state index contributed by atoms with van der Waals surface area (Å²) in [7, 11) is 3.95. The third kappa shape index (κ3) is 4.94. The number of hydrogen-bond donors (Lipinski definition) is 2. The first kappa shape index (κ1) is 17.7. The highest BCUT2D eigenvalue weighted by Crippen LogP contribution is 2.17. The van der Waals surface area contributed by atoms with Gasteiger partial charge in [0.25, 0.3) is 5.91 Å². The highest BCUT2D eigenvalue weighted by Gasteiger charge is 2.15. The fourth-order valence-corrected chi connectivity index (χ4v) is 2.17. The van der Waals surface area contributed by atoms with E-state index >= 15 is 0 Å². The Hall–Kier alpha value is -2.63. The van der Waals surface area contributed by atoms with Crippen LogP contribution in [0.1, 0.15) is 37.1 Å². The second-order valence-electron chi connectivity index (χ2n) is 6.96. The van der Waals surface area contributed by atoms with Crippen LogP contribution in [0.5, 0.6) is 0 Å². The molecule has 0 aliphatic heterocycles. The van der Waals surface area contributed by atoms with Gasteiger partial charge in [0.05, 0.1) is 0 Å². The maximum Gasteiger partial charge on any atom is 0.274 e. The van der Waals surface area contributed by atoms with E-state index in [4.69, 9.17) is 0 Å². The van der Waals surface area contributed by atoms with Crippen LogP contribution in [-0.4, -0.2) is 35.5 Å². The van der Waals surface area contributed by atoms with Crippen molar-refractivity contribution in [2.75, 3.05) is 29.6 Å². The molecular formula is C18H25N5O. The Morgan fingerprint density at radius 3 is 2.25 bits per heavy atom.